The van der Waals surface area contributed by atoms with E-state index >= 15 is 0 Å². The summed E-state index contributed by atoms with van der Waals surface area (Å²) in [5, 5.41) is 5.76. The highest BCUT2D eigenvalue weighted by Crippen LogP contribution is 2.40. The van der Waals surface area contributed by atoms with Crippen molar-refractivity contribution in [1.82, 2.24) is 10.3 Å². The second-order valence-corrected chi connectivity index (χ2v) is 6.67. The summed E-state index contributed by atoms with van der Waals surface area (Å²) in [4.78, 5) is 28.6. The molecule has 2 aromatic rings. The molecule has 1 saturated carbocycles. The first-order valence-electron chi connectivity index (χ1n) is 8.77. The molecule has 26 heavy (non-hydrogen) atoms. The largest absolute Gasteiger partial charge is 0.489 e. The van der Waals surface area contributed by atoms with Crippen molar-refractivity contribution in [2.75, 3.05) is 5.32 Å². The first-order valence-corrected chi connectivity index (χ1v) is 8.77. The van der Waals surface area contributed by atoms with Gasteiger partial charge in [0, 0.05) is 18.9 Å². The molecule has 2 amide bonds. The first-order chi connectivity index (χ1) is 12.5. The minimum atomic E-state index is -0.292. The SMILES string of the molecule is CC(C)Oc1ccccc1NC(=O)C1CC1C(=O)NCc1ccncc1. The average molecular weight is 353 g/mol. The Morgan fingerprint density at radius 2 is 1.81 bits per heavy atom. The van der Waals surface area contributed by atoms with Crippen LogP contribution in [0.2, 0.25) is 0 Å². The molecule has 2 unspecified atom stereocenters. The number of hydrogen-bond donors (Lipinski definition) is 2. The van der Waals surface area contributed by atoms with Gasteiger partial charge in [0.1, 0.15) is 5.75 Å². The van der Waals surface area contributed by atoms with E-state index in [1.54, 1.807) is 18.5 Å². The van der Waals surface area contributed by atoms with Gasteiger partial charge in [-0.3, -0.25) is 14.6 Å². The lowest BCUT2D eigenvalue weighted by Gasteiger charge is -2.14. The molecule has 1 fully saturated rings. The Bertz CT molecular complexity index is 777. The quantitative estimate of drug-likeness (QED) is 0.802. The Hall–Kier alpha value is -2.89. The van der Waals surface area contributed by atoms with Crippen molar-refractivity contribution >= 4 is 17.5 Å². The highest BCUT2D eigenvalue weighted by molar-refractivity contribution is 6.00. The molecule has 0 saturated heterocycles. The molecule has 3 rings (SSSR count). The Morgan fingerprint density at radius 1 is 1.12 bits per heavy atom. The van der Waals surface area contributed by atoms with Crippen LogP contribution < -0.4 is 15.4 Å². The van der Waals surface area contributed by atoms with E-state index in [1.807, 2.05) is 44.2 Å². The number of carbonyl (C=O) groups excluding carboxylic acids is 2. The number of ether oxygens (including phenoxy) is 1. The zero-order chi connectivity index (χ0) is 18.5. The number of rotatable bonds is 7. The van der Waals surface area contributed by atoms with E-state index in [4.69, 9.17) is 4.74 Å². The van der Waals surface area contributed by atoms with E-state index in [0.29, 0.717) is 24.4 Å². The van der Waals surface area contributed by atoms with Crippen molar-refractivity contribution in [2.45, 2.75) is 32.9 Å². The third kappa shape index (κ3) is 4.59. The predicted octanol–water partition coefficient (Wildman–Crippen LogP) is 2.76. The van der Waals surface area contributed by atoms with Gasteiger partial charge in [0.15, 0.2) is 0 Å². The van der Waals surface area contributed by atoms with Gasteiger partial charge in [-0.2, -0.15) is 0 Å². The smallest absolute Gasteiger partial charge is 0.228 e. The van der Waals surface area contributed by atoms with E-state index in [1.165, 1.54) is 0 Å². The highest BCUT2D eigenvalue weighted by atomic mass is 16.5. The lowest BCUT2D eigenvalue weighted by Crippen LogP contribution is -2.27. The van der Waals surface area contributed by atoms with Gasteiger partial charge in [0.25, 0.3) is 0 Å². The maximum absolute atomic E-state index is 12.4. The number of amides is 2. The molecule has 136 valence electrons. The Labute approximate surface area is 153 Å². The van der Waals surface area contributed by atoms with Crippen LogP contribution in [0.1, 0.15) is 25.8 Å². The van der Waals surface area contributed by atoms with Crippen LogP contribution in [-0.2, 0) is 16.1 Å². The van der Waals surface area contributed by atoms with Crippen LogP contribution in [0.4, 0.5) is 5.69 Å². The molecule has 2 N–H and O–H groups in total. The second kappa shape index (κ2) is 7.99. The maximum Gasteiger partial charge on any atom is 0.228 e. The number of pyridine rings is 1. The summed E-state index contributed by atoms with van der Waals surface area (Å²) in [6.45, 7) is 4.31. The Balaban J connectivity index is 1.52. The number of anilines is 1. The van der Waals surface area contributed by atoms with Crippen LogP contribution >= 0.6 is 0 Å². The van der Waals surface area contributed by atoms with E-state index in [0.717, 1.165) is 5.56 Å². The fraction of sp³-hybridized carbons (Fsp3) is 0.350. The van der Waals surface area contributed by atoms with Crippen molar-refractivity contribution in [3.05, 3.63) is 54.4 Å². The van der Waals surface area contributed by atoms with Gasteiger partial charge in [0.2, 0.25) is 11.8 Å². The second-order valence-electron chi connectivity index (χ2n) is 6.67. The monoisotopic (exact) mass is 353 g/mol. The minimum Gasteiger partial charge on any atom is -0.489 e. The molecule has 6 nitrogen and oxygen atoms in total. The number of nitrogens with one attached hydrogen (secondary N) is 2. The normalized spacial score (nSPS) is 18.3. The molecule has 1 aromatic carbocycles. The van der Waals surface area contributed by atoms with Gasteiger partial charge in [0.05, 0.1) is 23.6 Å². The topological polar surface area (TPSA) is 80.3 Å². The van der Waals surface area contributed by atoms with Crippen molar-refractivity contribution in [1.29, 1.82) is 0 Å². The number of carbonyl (C=O) groups is 2. The highest BCUT2D eigenvalue weighted by Gasteiger charge is 2.48. The molecule has 1 heterocycles. The van der Waals surface area contributed by atoms with E-state index in [-0.39, 0.29) is 29.8 Å². The van der Waals surface area contributed by atoms with E-state index in [9.17, 15) is 9.59 Å². The van der Waals surface area contributed by atoms with Crippen molar-refractivity contribution in [3.8, 4) is 5.75 Å². The summed E-state index contributed by atoms with van der Waals surface area (Å²) in [6.07, 6.45) is 3.96. The lowest BCUT2D eigenvalue weighted by atomic mass is 10.2. The van der Waals surface area contributed by atoms with Crippen LogP contribution in [0.25, 0.3) is 0 Å². The Morgan fingerprint density at radius 3 is 2.54 bits per heavy atom. The zero-order valence-electron chi connectivity index (χ0n) is 14.9. The molecule has 0 radical (unpaired) electrons. The molecule has 0 spiro atoms. The molecule has 1 aliphatic rings. The molecule has 0 aliphatic heterocycles. The fourth-order valence-corrected chi connectivity index (χ4v) is 2.75. The number of hydrogen-bond acceptors (Lipinski definition) is 4. The van der Waals surface area contributed by atoms with Gasteiger partial charge in [-0.15, -0.1) is 0 Å². The molecular weight excluding hydrogens is 330 g/mol. The minimum absolute atomic E-state index is 0.0145. The zero-order valence-corrected chi connectivity index (χ0v) is 14.9. The first kappa shape index (κ1) is 17.9. The summed E-state index contributed by atoms with van der Waals surface area (Å²) in [5.74, 6) is -0.160. The summed E-state index contributed by atoms with van der Waals surface area (Å²) in [6, 6.07) is 11.0. The van der Waals surface area contributed by atoms with Crippen molar-refractivity contribution in [3.63, 3.8) is 0 Å². The molecule has 1 aliphatic carbocycles. The third-order valence-corrected chi connectivity index (χ3v) is 4.19. The number of para-hydroxylation sites is 2. The van der Waals surface area contributed by atoms with Gasteiger partial charge in [-0.05, 0) is 50.1 Å². The Kier molecular flexibility index (Phi) is 5.51. The van der Waals surface area contributed by atoms with Gasteiger partial charge < -0.3 is 15.4 Å². The summed E-state index contributed by atoms with van der Waals surface area (Å²) >= 11 is 0. The van der Waals surface area contributed by atoms with Crippen molar-refractivity contribution < 1.29 is 14.3 Å². The summed E-state index contributed by atoms with van der Waals surface area (Å²) in [7, 11) is 0. The fourth-order valence-electron chi connectivity index (χ4n) is 2.75. The predicted molar refractivity (Wildman–Crippen MR) is 98.5 cm³/mol. The van der Waals surface area contributed by atoms with E-state index in [2.05, 4.69) is 15.6 Å². The molecule has 0 bridgehead atoms. The summed E-state index contributed by atoms with van der Waals surface area (Å²) in [5.41, 5.74) is 1.61. The van der Waals surface area contributed by atoms with Gasteiger partial charge >= 0.3 is 0 Å². The van der Waals surface area contributed by atoms with E-state index < -0.39 is 0 Å². The number of aromatic nitrogens is 1. The van der Waals surface area contributed by atoms with Crippen molar-refractivity contribution in [2.24, 2.45) is 11.8 Å². The van der Waals surface area contributed by atoms with Crippen LogP contribution in [0.3, 0.4) is 0 Å². The van der Waals surface area contributed by atoms with Crippen LogP contribution in [0, 0.1) is 11.8 Å². The number of benzene rings is 1. The maximum atomic E-state index is 12.4. The van der Waals surface area contributed by atoms with Crippen LogP contribution in [-0.4, -0.2) is 22.9 Å². The molecule has 1 aromatic heterocycles. The van der Waals surface area contributed by atoms with Crippen LogP contribution in [0.15, 0.2) is 48.8 Å². The summed E-state index contributed by atoms with van der Waals surface area (Å²) < 4.78 is 5.71. The lowest BCUT2D eigenvalue weighted by molar-refractivity contribution is -0.125. The third-order valence-electron chi connectivity index (χ3n) is 4.19. The number of nitrogens with zero attached hydrogens (tertiary/aromatic N) is 1. The average Bonchev–Trinajstić information content (AvgIpc) is 3.43. The van der Waals surface area contributed by atoms with Gasteiger partial charge in [-0.1, -0.05) is 12.1 Å². The molecule has 6 heteroatoms. The van der Waals surface area contributed by atoms with Crippen LogP contribution in [0.5, 0.6) is 5.75 Å². The molecule has 2 atom stereocenters. The molecular formula is C20H23N3O3. The standard InChI is InChI=1S/C20H23N3O3/c1-13(2)26-18-6-4-3-5-17(18)23-20(25)16-11-15(16)19(24)22-12-14-7-9-21-10-8-14/h3-10,13,15-16H,11-12H2,1-2H3,(H,22,24)(H,23,25). The van der Waals surface area contributed by atoms with Gasteiger partial charge in [-0.25, -0.2) is 0 Å².